The highest BCUT2D eigenvalue weighted by atomic mass is 32.2. The van der Waals surface area contributed by atoms with Crippen LogP contribution in [0.5, 0.6) is 5.75 Å². The molecule has 0 spiro atoms. The van der Waals surface area contributed by atoms with E-state index in [2.05, 4.69) is 9.72 Å². The number of hydrogen-bond acceptors (Lipinski definition) is 5. The molecule has 1 N–H and O–H groups in total. The van der Waals surface area contributed by atoms with Crippen molar-refractivity contribution < 1.29 is 31.4 Å². The van der Waals surface area contributed by atoms with Crippen LogP contribution >= 0.6 is 0 Å². The molecule has 0 bridgehead atoms. The third kappa shape index (κ3) is 3.67. The van der Waals surface area contributed by atoms with Crippen molar-refractivity contribution >= 4 is 20.9 Å². The number of halogens is 3. The van der Waals surface area contributed by atoms with E-state index >= 15 is 4.39 Å². The Morgan fingerprint density at radius 1 is 1.03 bits per heavy atom. The summed E-state index contributed by atoms with van der Waals surface area (Å²) in [5.74, 6) is -0.414. The highest BCUT2D eigenvalue weighted by molar-refractivity contribution is 7.92. The van der Waals surface area contributed by atoms with Crippen LogP contribution in [0.3, 0.4) is 0 Å². The molecule has 4 aromatic rings. The first kappa shape index (κ1) is 23.1. The van der Waals surface area contributed by atoms with Crippen molar-refractivity contribution in [3.63, 3.8) is 0 Å². The summed E-state index contributed by atoms with van der Waals surface area (Å²) in [6, 6.07) is 14.8. The zero-order valence-corrected chi connectivity index (χ0v) is 19.6. The van der Waals surface area contributed by atoms with Crippen LogP contribution in [0.2, 0.25) is 0 Å². The first-order valence-corrected chi connectivity index (χ1v) is 13.1. The fourth-order valence-electron chi connectivity index (χ4n) is 4.98. The van der Waals surface area contributed by atoms with E-state index in [1.807, 2.05) is 0 Å². The van der Waals surface area contributed by atoms with Crippen molar-refractivity contribution in [3.05, 3.63) is 77.9 Å². The van der Waals surface area contributed by atoms with Crippen LogP contribution in [0.25, 0.3) is 22.2 Å². The lowest BCUT2D eigenvalue weighted by Gasteiger charge is -2.19. The number of fused-ring (bicyclic) bond motifs is 3. The molecule has 6 rings (SSSR count). The number of nitrogens with zero attached hydrogens (tertiary/aromatic N) is 2. The zero-order valence-electron chi connectivity index (χ0n) is 18.8. The van der Waals surface area contributed by atoms with Crippen LogP contribution < -0.4 is 4.74 Å². The maximum Gasteiger partial charge on any atom is 0.387 e. The molecular formula is C26H21F3N2O4S. The summed E-state index contributed by atoms with van der Waals surface area (Å²) >= 11 is 0. The van der Waals surface area contributed by atoms with E-state index in [1.54, 1.807) is 47.0 Å². The molecule has 36 heavy (non-hydrogen) atoms. The Morgan fingerprint density at radius 2 is 1.75 bits per heavy atom. The summed E-state index contributed by atoms with van der Waals surface area (Å²) in [5, 5.41) is 10.3. The highest BCUT2D eigenvalue weighted by Crippen LogP contribution is 2.45. The minimum atomic E-state index is -3.37. The van der Waals surface area contributed by atoms with Gasteiger partial charge in [0.05, 0.1) is 21.7 Å². The van der Waals surface area contributed by atoms with Gasteiger partial charge in [0.1, 0.15) is 23.2 Å². The summed E-state index contributed by atoms with van der Waals surface area (Å²) in [6.07, 6.45) is 0.413. The molecule has 1 aromatic heterocycles. The molecule has 1 aliphatic carbocycles. The SMILES string of the molecule is O=S(=O)(c1ccc(-c2ccc3nc4n(c3c2F)[C@H](c2ccccc2OC(F)F)CC4O)cc1)C1CC1. The molecule has 0 saturated heterocycles. The second-order valence-electron chi connectivity index (χ2n) is 9.09. The average Bonchev–Trinajstić information content (AvgIpc) is 3.58. The van der Waals surface area contributed by atoms with Gasteiger partial charge in [-0.15, -0.1) is 0 Å². The van der Waals surface area contributed by atoms with E-state index in [1.165, 1.54) is 18.2 Å². The fraction of sp³-hybridized carbons (Fsp3) is 0.269. The number of benzene rings is 3. The molecule has 1 aliphatic heterocycles. The summed E-state index contributed by atoms with van der Waals surface area (Å²) < 4.78 is 73.3. The molecule has 2 aliphatic rings. The number of sulfone groups is 1. The number of para-hydroxylation sites is 1. The van der Waals surface area contributed by atoms with Gasteiger partial charge in [-0.05, 0) is 48.7 Å². The van der Waals surface area contributed by atoms with Crippen molar-refractivity contribution in [2.75, 3.05) is 0 Å². The van der Waals surface area contributed by atoms with Crippen molar-refractivity contribution in [2.45, 2.75) is 48.2 Å². The normalized spacial score (nSPS) is 19.7. The van der Waals surface area contributed by atoms with E-state index in [0.29, 0.717) is 29.5 Å². The maximum atomic E-state index is 16.0. The van der Waals surface area contributed by atoms with Crippen LogP contribution in [-0.2, 0) is 9.84 Å². The van der Waals surface area contributed by atoms with Gasteiger partial charge in [-0.1, -0.05) is 30.3 Å². The number of aliphatic hydroxyl groups is 1. The number of hydrogen-bond donors (Lipinski definition) is 1. The molecular weight excluding hydrogens is 493 g/mol. The molecule has 2 heterocycles. The number of aliphatic hydroxyl groups excluding tert-OH is 1. The van der Waals surface area contributed by atoms with Gasteiger partial charge in [0.25, 0.3) is 0 Å². The van der Waals surface area contributed by atoms with E-state index in [9.17, 15) is 22.3 Å². The molecule has 1 unspecified atom stereocenters. The number of ether oxygens (including phenoxy) is 1. The second kappa shape index (κ2) is 8.35. The molecule has 6 nitrogen and oxygen atoms in total. The zero-order chi connectivity index (χ0) is 25.2. The summed E-state index contributed by atoms with van der Waals surface area (Å²) in [4.78, 5) is 4.62. The Morgan fingerprint density at radius 3 is 2.44 bits per heavy atom. The smallest absolute Gasteiger partial charge is 0.387 e. The monoisotopic (exact) mass is 514 g/mol. The molecule has 186 valence electrons. The van der Waals surface area contributed by atoms with Gasteiger partial charge in [0.15, 0.2) is 15.7 Å². The molecule has 1 fully saturated rings. The lowest BCUT2D eigenvalue weighted by atomic mass is 10.0. The van der Waals surface area contributed by atoms with Crippen molar-refractivity contribution in [1.82, 2.24) is 9.55 Å². The van der Waals surface area contributed by atoms with Gasteiger partial charge in [-0.3, -0.25) is 0 Å². The van der Waals surface area contributed by atoms with Gasteiger partial charge in [-0.2, -0.15) is 8.78 Å². The average molecular weight is 515 g/mol. The third-order valence-electron chi connectivity index (χ3n) is 6.82. The Labute approximate surface area is 204 Å². The minimum absolute atomic E-state index is 0.0524. The second-order valence-corrected chi connectivity index (χ2v) is 11.3. The first-order valence-electron chi connectivity index (χ1n) is 11.5. The number of imidazole rings is 1. The van der Waals surface area contributed by atoms with Gasteiger partial charge >= 0.3 is 6.61 Å². The van der Waals surface area contributed by atoms with Crippen LogP contribution in [0.15, 0.2) is 65.6 Å². The Balaban J connectivity index is 1.46. The fourth-order valence-corrected chi connectivity index (χ4v) is 6.64. The molecule has 3 aromatic carbocycles. The summed E-state index contributed by atoms with van der Waals surface area (Å²) in [6.45, 7) is -3.04. The highest BCUT2D eigenvalue weighted by Gasteiger charge is 2.38. The minimum Gasteiger partial charge on any atom is -0.434 e. The third-order valence-corrected chi connectivity index (χ3v) is 9.10. The summed E-state index contributed by atoms with van der Waals surface area (Å²) in [5.41, 5.74) is 1.55. The molecule has 0 radical (unpaired) electrons. The lowest BCUT2D eigenvalue weighted by Crippen LogP contribution is -2.11. The van der Waals surface area contributed by atoms with Gasteiger partial charge < -0.3 is 14.4 Å². The van der Waals surface area contributed by atoms with E-state index in [4.69, 9.17) is 0 Å². The van der Waals surface area contributed by atoms with Gasteiger partial charge in [0, 0.05) is 17.5 Å². The van der Waals surface area contributed by atoms with E-state index in [0.717, 1.165) is 0 Å². The predicted octanol–water partition coefficient (Wildman–Crippen LogP) is 5.41. The number of alkyl halides is 2. The molecule has 10 heteroatoms. The Kier molecular flexibility index (Phi) is 5.34. The van der Waals surface area contributed by atoms with Crippen LogP contribution in [0, 0.1) is 5.82 Å². The topological polar surface area (TPSA) is 81.4 Å². The Bertz CT molecular complexity index is 1580. The van der Waals surface area contributed by atoms with Gasteiger partial charge in [0.2, 0.25) is 0 Å². The Hall–Kier alpha value is -3.37. The van der Waals surface area contributed by atoms with Crippen molar-refractivity contribution in [1.29, 1.82) is 0 Å². The van der Waals surface area contributed by atoms with E-state index < -0.39 is 34.4 Å². The van der Waals surface area contributed by atoms with Crippen LogP contribution in [-0.4, -0.2) is 34.9 Å². The first-order chi connectivity index (χ1) is 17.3. The van der Waals surface area contributed by atoms with Crippen molar-refractivity contribution in [2.24, 2.45) is 0 Å². The standard InChI is InChI=1S/C26H21F3N2O4S/c27-23-17(14-5-7-15(8-6-14)36(33,34)16-9-10-16)11-12-19-24(23)31-20(13-21(32)25(31)30-19)18-3-1-2-4-22(18)35-26(28)29/h1-8,11-12,16,20-21,26,32H,9-10,13H2/t20-,21?/m0/s1. The molecule has 0 amide bonds. The molecule has 2 atom stereocenters. The van der Waals surface area contributed by atoms with E-state index in [-0.39, 0.29) is 39.2 Å². The number of rotatable bonds is 6. The lowest BCUT2D eigenvalue weighted by molar-refractivity contribution is -0.0507. The number of aromatic nitrogens is 2. The molecule has 1 saturated carbocycles. The van der Waals surface area contributed by atoms with Crippen LogP contribution in [0.1, 0.15) is 42.8 Å². The predicted molar refractivity (Wildman–Crippen MR) is 126 cm³/mol. The van der Waals surface area contributed by atoms with Gasteiger partial charge in [-0.25, -0.2) is 17.8 Å². The maximum absolute atomic E-state index is 16.0. The quantitative estimate of drug-likeness (QED) is 0.372. The van der Waals surface area contributed by atoms with Crippen LogP contribution in [0.4, 0.5) is 13.2 Å². The summed E-state index contributed by atoms with van der Waals surface area (Å²) in [7, 11) is -3.37. The van der Waals surface area contributed by atoms with Crippen molar-refractivity contribution in [3.8, 4) is 16.9 Å². The largest absolute Gasteiger partial charge is 0.434 e.